The van der Waals surface area contributed by atoms with Gasteiger partial charge >= 0.3 is 0 Å². The van der Waals surface area contributed by atoms with Gasteiger partial charge in [0, 0.05) is 25.3 Å². The third-order valence-electron chi connectivity index (χ3n) is 3.21. The van der Waals surface area contributed by atoms with Crippen molar-refractivity contribution < 1.29 is 0 Å². The van der Waals surface area contributed by atoms with Gasteiger partial charge in [-0.3, -0.25) is 4.98 Å². The second-order valence-electron chi connectivity index (χ2n) is 4.48. The largest absolute Gasteiger partial charge is 0.308 e. The average molecular weight is 219 g/mol. The first-order chi connectivity index (χ1) is 7.86. The Bertz CT molecular complexity index is 293. The number of nitrogens with one attached hydrogen (secondary N) is 1. The fourth-order valence-corrected chi connectivity index (χ4v) is 2.18. The van der Waals surface area contributed by atoms with Crippen molar-refractivity contribution in [1.29, 1.82) is 0 Å². The van der Waals surface area contributed by atoms with Crippen molar-refractivity contribution in [2.45, 2.75) is 25.8 Å². The Balaban J connectivity index is 1.69. The summed E-state index contributed by atoms with van der Waals surface area (Å²) in [6, 6.07) is 6.43. The Morgan fingerprint density at radius 1 is 1.38 bits per heavy atom. The molecule has 2 heterocycles. The fraction of sp³-hybridized carbons (Fsp3) is 0.615. The van der Waals surface area contributed by atoms with E-state index in [1.54, 1.807) is 0 Å². The van der Waals surface area contributed by atoms with Gasteiger partial charge in [0.1, 0.15) is 0 Å². The van der Waals surface area contributed by atoms with Crippen LogP contribution in [0.25, 0.3) is 0 Å². The molecule has 88 valence electrons. The summed E-state index contributed by atoms with van der Waals surface area (Å²) < 4.78 is 0. The van der Waals surface area contributed by atoms with Gasteiger partial charge in [0.25, 0.3) is 0 Å². The van der Waals surface area contributed by atoms with Crippen LogP contribution >= 0.6 is 0 Å². The maximum atomic E-state index is 4.35. The first-order valence-corrected chi connectivity index (χ1v) is 6.23. The summed E-state index contributed by atoms with van der Waals surface area (Å²) in [4.78, 5) is 6.88. The van der Waals surface area contributed by atoms with E-state index in [9.17, 15) is 0 Å². The maximum absolute atomic E-state index is 4.35. The summed E-state index contributed by atoms with van der Waals surface area (Å²) >= 11 is 0. The van der Waals surface area contributed by atoms with Crippen LogP contribution in [0.2, 0.25) is 0 Å². The highest BCUT2D eigenvalue weighted by atomic mass is 15.2. The van der Waals surface area contributed by atoms with Gasteiger partial charge in [-0.25, -0.2) is 0 Å². The van der Waals surface area contributed by atoms with Crippen molar-refractivity contribution in [2.24, 2.45) is 0 Å². The van der Waals surface area contributed by atoms with Crippen molar-refractivity contribution in [2.75, 3.05) is 26.2 Å². The van der Waals surface area contributed by atoms with Crippen LogP contribution in [0, 0.1) is 0 Å². The van der Waals surface area contributed by atoms with Gasteiger partial charge in [0.2, 0.25) is 0 Å². The third-order valence-corrected chi connectivity index (χ3v) is 3.21. The molecule has 3 heteroatoms. The molecular weight excluding hydrogens is 198 g/mol. The molecule has 1 aromatic rings. The molecule has 1 aromatic heterocycles. The molecule has 1 N–H and O–H groups in total. The van der Waals surface area contributed by atoms with Crippen LogP contribution in [-0.2, 0) is 0 Å². The highest BCUT2D eigenvalue weighted by molar-refractivity contribution is 5.07. The Labute approximate surface area is 97.9 Å². The molecule has 2 rings (SSSR count). The summed E-state index contributed by atoms with van der Waals surface area (Å²) in [6.45, 7) is 6.94. The number of nitrogens with zero attached hydrogens (tertiary/aromatic N) is 2. The number of likely N-dealkylation sites (tertiary alicyclic amines) is 1. The van der Waals surface area contributed by atoms with E-state index in [1.807, 2.05) is 18.3 Å². The fourth-order valence-electron chi connectivity index (χ4n) is 2.18. The van der Waals surface area contributed by atoms with Crippen LogP contribution in [0.3, 0.4) is 0 Å². The van der Waals surface area contributed by atoms with Gasteiger partial charge in [-0.05, 0) is 45.0 Å². The summed E-state index contributed by atoms with van der Waals surface area (Å²) in [5.74, 6) is 0. The summed E-state index contributed by atoms with van der Waals surface area (Å²) in [6.07, 6.45) is 4.60. The summed E-state index contributed by atoms with van der Waals surface area (Å²) in [7, 11) is 0. The van der Waals surface area contributed by atoms with Crippen molar-refractivity contribution in [3.8, 4) is 0 Å². The lowest BCUT2D eigenvalue weighted by Gasteiger charge is -2.17. The minimum atomic E-state index is 0.351. The second-order valence-corrected chi connectivity index (χ2v) is 4.48. The van der Waals surface area contributed by atoms with Crippen LogP contribution in [0.5, 0.6) is 0 Å². The smallest absolute Gasteiger partial charge is 0.0570 e. The maximum Gasteiger partial charge on any atom is 0.0570 e. The Kier molecular flexibility index (Phi) is 4.31. The van der Waals surface area contributed by atoms with Crippen LogP contribution in [0.1, 0.15) is 31.5 Å². The Hall–Kier alpha value is -0.930. The van der Waals surface area contributed by atoms with Crippen LogP contribution in [0.15, 0.2) is 24.4 Å². The zero-order chi connectivity index (χ0) is 11.2. The van der Waals surface area contributed by atoms with Crippen LogP contribution < -0.4 is 5.32 Å². The van der Waals surface area contributed by atoms with Gasteiger partial charge < -0.3 is 10.2 Å². The Morgan fingerprint density at radius 3 is 2.88 bits per heavy atom. The quantitative estimate of drug-likeness (QED) is 0.819. The summed E-state index contributed by atoms with van der Waals surface area (Å²) in [5, 5.41) is 3.52. The lowest BCUT2D eigenvalue weighted by atomic mass is 10.2. The van der Waals surface area contributed by atoms with Crippen molar-refractivity contribution >= 4 is 0 Å². The monoisotopic (exact) mass is 219 g/mol. The van der Waals surface area contributed by atoms with Gasteiger partial charge in [0.05, 0.1) is 5.69 Å². The van der Waals surface area contributed by atoms with Gasteiger partial charge in [-0.2, -0.15) is 0 Å². The van der Waals surface area contributed by atoms with E-state index in [0.717, 1.165) is 18.8 Å². The minimum absolute atomic E-state index is 0.351. The SMILES string of the molecule is C[C@H](NCCN1CCCC1)c1ccccn1. The predicted molar refractivity (Wildman–Crippen MR) is 66.3 cm³/mol. The number of aromatic nitrogens is 1. The van der Waals surface area contributed by atoms with E-state index >= 15 is 0 Å². The van der Waals surface area contributed by atoms with Crippen molar-refractivity contribution in [1.82, 2.24) is 15.2 Å². The molecule has 1 aliphatic heterocycles. The van der Waals surface area contributed by atoms with E-state index in [-0.39, 0.29) is 0 Å². The average Bonchev–Trinajstić information content (AvgIpc) is 2.83. The molecule has 0 spiro atoms. The molecule has 0 amide bonds. The molecule has 1 fully saturated rings. The molecule has 0 unspecified atom stereocenters. The molecule has 0 aromatic carbocycles. The van der Waals surface area contributed by atoms with Crippen LogP contribution in [0.4, 0.5) is 0 Å². The molecule has 1 aliphatic rings. The standard InChI is InChI=1S/C13H21N3/c1-12(13-6-2-3-7-15-13)14-8-11-16-9-4-5-10-16/h2-3,6-7,12,14H,4-5,8-11H2,1H3/t12-/m0/s1. The molecule has 1 atom stereocenters. The molecule has 0 bridgehead atoms. The Morgan fingerprint density at radius 2 is 2.19 bits per heavy atom. The highest BCUT2D eigenvalue weighted by Gasteiger charge is 2.11. The van der Waals surface area contributed by atoms with Crippen molar-refractivity contribution in [3.05, 3.63) is 30.1 Å². The zero-order valence-electron chi connectivity index (χ0n) is 10.0. The first-order valence-electron chi connectivity index (χ1n) is 6.23. The zero-order valence-corrected chi connectivity index (χ0v) is 10.0. The first kappa shape index (κ1) is 11.6. The van der Waals surface area contributed by atoms with Gasteiger partial charge in [-0.1, -0.05) is 6.07 Å². The molecule has 0 saturated carbocycles. The summed E-state index contributed by atoms with van der Waals surface area (Å²) in [5.41, 5.74) is 1.13. The van der Waals surface area contributed by atoms with E-state index < -0.39 is 0 Å². The van der Waals surface area contributed by atoms with Gasteiger partial charge in [0.15, 0.2) is 0 Å². The topological polar surface area (TPSA) is 28.2 Å². The molecular formula is C13H21N3. The molecule has 16 heavy (non-hydrogen) atoms. The van der Waals surface area contributed by atoms with Crippen LogP contribution in [-0.4, -0.2) is 36.1 Å². The molecule has 3 nitrogen and oxygen atoms in total. The molecule has 0 radical (unpaired) electrons. The third kappa shape index (κ3) is 3.29. The lowest BCUT2D eigenvalue weighted by Crippen LogP contribution is -2.31. The second kappa shape index (κ2) is 5.97. The van der Waals surface area contributed by atoms with Gasteiger partial charge in [-0.15, -0.1) is 0 Å². The highest BCUT2D eigenvalue weighted by Crippen LogP contribution is 2.08. The van der Waals surface area contributed by atoms with E-state index in [2.05, 4.69) is 28.2 Å². The molecule has 1 saturated heterocycles. The van der Waals surface area contributed by atoms with Crippen molar-refractivity contribution in [3.63, 3.8) is 0 Å². The number of rotatable bonds is 5. The number of hydrogen-bond acceptors (Lipinski definition) is 3. The lowest BCUT2D eigenvalue weighted by molar-refractivity contribution is 0.329. The normalized spacial score (nSPS) is 18.8. The van der Waals surface area contributed by atoms with E-state index in [4.69, 9.17) is 0 Å². The van der Waals surface area contributed by atoms with E-state index in [0.29, 0.717) is 6.04 Å². The molecule has 0 aliphatic carbocycles. The minimum Gasteiger partial charge on any atom is -0.308 e. The number of hydrogen-bond donors (Lipinski definition) is 1. The van der Waals surface area contributed by atoms with E-state index in [1.165, 1.54) is 25.9 Å². The predicted octanol–water partition coefficient (Wildman–Crippen LogP) is 1.83. The number of pyridine rings is 1.